The van der Waals surface area contributed by atoms with Gasteiger partial charge in [-0.3, -0.25) is 9.89 Å². The molecule has 144 valence electrons. The van der Waals surface area contributed by atoms with Crippen LogP contribution < -0.4 is 10.2 Å². The van der Waals surface area contributed by atoms with Gasteiger partial charge in [-0.25, -0.2) is 0 Å². The Hall–Kier alpha value is -3.86. The molecule has 0 bridgehead atoms. The Labute approximate surface area is 169 Å². The Balaban J connectivity index is 1.56. The van der Waals surface area contributed by atoms with Gasteiger partial charge in [-0.05, 0) is 48.0 Å². The average Bonchev–Trinajstić information content (AvgIpc) is 3.16. The molecule has 1 amide bonds. The second-order valence-corrected chi connectivity index (χ2v) is 6.97. The van der Waals surface area contributed by atoms with Crippen molar-refractivity contribution in [3.8, 4) is 0 Å². The van der Waals surface area contributed by atoms with E-state index in [4.69, 9.17) is 0 Å². The number of anilines is 2. The summed E-state index contributed by atoms with van der Waals surface area (Å²) in [5, 5.41) is 11.5. The monoisotopic (exact) mass is 382 g/mol. The van der Waals surface area contributed by atoms with Gasteiger partial charge in [0.15, 0.2) is 0 Å². The maximum atomic E-state index is 12.7. The van der Waals surface area contributed by atoms with Gasteiger partial charge < -0.3 is 10.2 Å². The van der Waals surface area contributed by atoms with Crippen molar-refractivity contribution in [1.82, 2.24) is 10.2 Å². The first kappa shape index (κ1) is 18.5. The number of carbonyl (C=O) groups is 1. The van der Waals surface area contributed by atoms with Crippen molar-refractivity contribution < 1.29 is 4.79 Å². The number of carbonyl (C=O) groups excluding carboxylic acids is 1. The number of rotatable bonds is 5. The summed E-state index contributed by atoms with van der Waals surface area (Å²) in [7, 11) is 3.94. The summed E-state index contributed by atoms with van der Waals surface area (Å²) in [4.78, 5) is 14.7. The van der Waals surface area contributed by atoms with Crippen LogP contribution in [-0.4, -0.2) is 30.2 Å². The molecule has 5 nitrogen and oxygen atoms in total. The fraction of sp³-hybridized carbons (Fsp3) is 0.0833. The summed E-state index contributed by atoms with van der Waals surface area (Å²) < 4.78 is 0. The lowest BCUT2D eigenvalue weighted by Gasteiger charge is -2.13. The molecule has 0 spiro atoms. The van der Waals surface area contributed by atoms with E-state index in [1.54, 1.807) is 0 Å². The van der Waals surface area contributed by atoms with Gasteiger partial charge >= 0.3 is 0 Å². The third-order valence-corrected chi connectivity index (χ3v) is 4.78. The van der Waals surface area contributed by atoms with Crippen molar-refractivity contribution in [3.05, 3.63) is 89.6 Å². The van der Waals surface area contributed by atoms with Crippen molar-refractivity contribution in [2.24, 2.45) is 0 Å². The molecule has 4 aromatic rings. The minimum atomic E-state index is -0.138. The molecule has 0 unspecified atom stereocenters. The molecule has 0 atom stereocenters. The van der Waals surface area contributed by atoms with Gasteiger partial charge in [0.2, 0.25) is 0 Å². The van der Waals surface area contributed by atoms with Crippen LogP contribution in [0.15, 0.2) is 72.8 Å². The highest BCUT2D eigenvalue weighted by molar-refractivity contribution is 6.05. The van der Waals surface area contributed by atoms with Crippen LogP contribution in [0.25, 0.3) is 23.1 Å². The third-order valence-electron chi connectivity index (χ3n) is 4.78. The Bertz CT molecular complexity index is 1170. The lowest BCUT2D eigenvalue weighted by molar-refractivity contribution is 0.102. The number of amides is 1. The molecule has 0 radical (unpaired) electrons. The number of hydrogen-bond donors (Lipinski definition) is 2. The van der Waals surface area contributed by atoms with E-state index in [2.05, 4.69) is 15.5 Å². The zero-order chi connectivity index (χ0) is 20.2. The zero-order valence-electron chi connectivity index (χ0n) is 16.4. The molecule has 0 aliphatic heterocycles. The number of aromatic amines is 1. The third kappa shape index (κ3) is 4.04. The van der Waals surface area contributed by atoms with Crippen LogP contribution in [0.3, 0.4) is 0 Å². The number of H-pyrrole nitrogens is 1. The van der Waals surface area contributed by atoms with Crippen LogP contribution in [-0.2, 0) is 0 Å². The maximum Gasteiger partial charge on any atom is 0.255 e. The van der Waals surface area contributed by atoms with E-state index >= 15 is 0 Å². The molecule has 1 heterocycles. The van der Waals surface area contributed by atoms with Crippen LogP contribution >= 0.6 is 0 Å². The molecule has 0 saturated carbocycles. The van der Waals surface area contributed by atoms with Crippen molar-refractivity contribution in [3.63, 3.8) is 0 Å². The zero-order valence-corrected chi connectivity index (χ0v) is 16.4. The van der Waals surface area contributed by atoms with Gasteiger partial charge in [0, 0.05) is 36.4 Å². The van der Waals surface area contributed by atoms with Gasteiger partial charge in [-0.1, -0.05) is 42.5 Å². The lowest BCUT2D eigenvalue weighted by Crippen LogP contribution is -2.13. The van der Waals surface area contributed by atoms with E-state index in [0.29, 0.717) is 5.56 Å². The molecular weight excluding hydrogens is 360 g/mol. The standard InChI is InChI=1S/C24H22N4O/c1-28(2)19-14-11-18(12-15-19)24(29)25-21-9-5-3-7-17(21)13-16-23-20-8-4-6-10-22(20)26-27-23/h3-16H,1-2H3,(H,25,29)(H,26,27). The number of nitrogens with zero attached hydrogens (tertiary/aromatic N) is 2. The first-order valence-corrected chi connectivity index (χ1v) is 9.41. The first-order chi connectivity index (χ1) is 14.1. The molecular formula is C24H22N4O. The van der Waals surface area contributed by atoms with Gasteiger partial charge in [0.1, 0.15) is 0 Å². The SMILES string of the molecule is CN(C)c1ccc(C(=O)Nc2ccccc2C=Cc2n[nH]c3ccccc23)cc1. The Kier molecular flexibility index (Phi) is 5.12. The molecule has 0 aliphatic rings. The molecule has 5 heteroatoms. The van der Waals surface area contributed by atoms with Crippen LogP contribution in [0.2, 0.25) is 0 Å². The molecule has 4 rings (SSSR count). The predicted octanol–water partition coefficient (Wildman–Crippen LogP) is 5.05. The Morgan fingerprint density at radius 3 is 2.45 bits per heavy atom. The molecule has 29 heavy (non-hydrogen) atoms. The number of hydrogen-bond acceptors (Lipinski definition) is 3. The Morgan fingerprint density at radius 2 is 1.66 bits per heavy atom. The summed E-state index contributed by atoms with van der Waals surface area (Å²) in [5.74, 6) is -0.138. The normalized spacial score (nSPS) is 11.1. The molecule has 1 aromatic heterocycles. The van der Waals surface area contributed by atoms with Crippen molar-refractivity contribution >= 4 is 40.3 Å². The van der Waals surface area contributed by atoms with E-state index < -0.39 is 0 Å². The second-order valence-electron chi connectivity index (χ2n) is 6.97. The smallest absolute Gasteiger partial charge is 0.255 e. The summed E-state index contributed by atoms with van der Waals surface area (Å²) in [6, 6.07) is 23.2. The number of benzene rings is 3. The van der Waals surface area contributed by atoms with Crippen molar-refractivity contribution in [2.75, 3.05) is 24.3 Å². The highest BCUT2D eigenvalue weighted by Crippen LogP contribution is 2.22. The van der Waals surface area contributed by atoms with Crippen LogP contribution in [0, 0.1) is 0 Å². The van der Waals surface area contributed by atoms with Gasteiger partial charge in [-0.15, -0.1) is 0 Å². The van der Waals surface area contributed by atoms with E-state index in [9.17, 15) is 4.79 Å². The largest absolute Gasteiger partial charge is 0.378 e. The van der Waals surface area contributed by atoms with Gasteiger partial charge in [0.25, 0.3) is 5.91 Å². The van der Waals surface area contributed by atoms with Gasteiger partial charge in [-0.2, -0.15) is 5.10 Å². The van der Waals surface area contributed by atoms with E-state index in [1.165, 1.54) is 0 Å². The Morgan fingerprint density at radius 1 is 0.931 bits per heavy atom. The van der Waals surface area contributed by atoms with E-state index in [-0.39, 0.29) is 5.91 Å². The summed E-state index contributed by atoms with van der Waals surface area (Å²) in [6.07, 6.45) is 3.92. The van der Waals surface area contributed by atoms with Gasteiger partial charge in [0.05, 0.1) is 11.2 Å². The highest BCUT2D eigenvalue weighted by atomic mass is 16.1. The van der Waals surface area contributed by atoms with Crippen molar-refractivity contribution in [1.29, 1.82) is 0 Å². The minimum absolute atomic E-state index is 0.138. The fourth-order valence-corrected chi connectivity index (χ4v) is 3.14. The number of para-hydroxylation sites is 2. The molecule has 0 saturated heterocycles. The summed E-state index contributed by atoms with van der Waals surface area (Å²) in [6.45, 7) is 0. The van der Waals surface area contributed by atoms with Crippen molar-refractivity contribution in [2.45, 2.75) is 0 Å². The average molecular weight is 382 g/mol. The predicted molar refractivity (Wildman–Crippen MR) is 120 cm³/mol. The number of nitrogens with one attached hydrogen (secondary N) is 2. The quantitative estimate of drug-likeness (QED) is 0.508. The topological polar surface area (TPSA) is 61.0 Å². The fourth-order valence-electron chi connectivity index (χ4n) is 3.14. The van der Waals surface area contributed by atoms with Crippen LogP contribution in [0.4, 0.5) is 11.4 Å². The minimum Gasteiger partial charge on any atom is -0.378 e. The lowest BCUT2D eigenvalue weighted by atomic mass is 10.1. The summed E-state index contributed by atoms with van der Waals surface area (Å²) in [5.41, 5.74) is 5.20. The number of fused-ring (bicyclic) bond motifs is 1. The number of aromatic nitrogens is 2. The molecule has 0 fully saturated rings. The molecule has 3 aromatic carbocycles. The maximum absolute atomic E-state index is 12.7. The molecule has 0 aliphatic carbocycles. The second kappa shape index (κ2) is 8.02. The van der Waals surface area contributed by atoms with Crippen LogP contribution in [0.1, 0.15) is 21.6 Å². The van der Waals surface area contributed by atoms with E-state index in [1.807, 2.05) is 104 Å². The van der Waals surface area contributed by atoms with E-state index in [0.717, 1.165) is 33.5 Å². The summed E-state index contributed by atoms with van der Waals surface area (Å²) >= 11 is 0. The highest BCUT2D eigenvalue weighted by Gasteiger charge is 2.09. The molecule has 2 N–H and O–H groups in total. The van der Waals surface area contributed by atoms with Crippen LogP contribution in [0.5, 0.6) is 0 Å². The first-order valence-electron chi connectivity index (χ1n) is 9.41.